The lowest BCUT2D eigenvalue weighted by Gasteiger charge is -2.29. The van der Waals surface area contributed by atoms with Gasteiger partial charge >= 0.3 is 0 Å². The molecule has 0 spiro atoms. The minimum atomic E-state index is -0.340. The molecule has 0 aromatic heterocycles. The van der Waals surface area contributed by atoms with Crippen LogP contribution in [0, 0.1) is 5.41 Å². The number of rotatable bonds is 7. The zero-order valence-electron chi connectivity index (χ0n) is 16.0. The SMILES string of the molecule is CN(C)C(Cc1ccc(OCc2ccccc2)cc1)C(=O)C(C)(C)C. The summed E-state index contributed by atoms with van der Waals surface area (Å²) in [6.45, 7) is 6.49. The summed E-state index contributed by atoms with van der Waals surface area (Å²) >= 11 is 0. The quantitative estimate of drug-likeness (QED) is 0.751. The van der Waals surface area contributed by atoms with Crippen molar-refractivity contribution in [1.29, 1.82) is 0 Å². The molecule has 0 saturated heterocycles. The molecule has 0 amide bonds. The van der Waals surface area contributed by atoms with E-state index in [0.29, 0.717) is 13.0 Å². The van der Waals surface area contributed by atoms with Crippen LogP contribution in [0.5, 0.6) is 5.75 Å². The molecule has 0 saturated carbocycles. The van der Waals surface area contributed by atoms with Gasteiger partial charge in [0.2, 0.25) is 0 Å². The molecular weight excluding hydrogens is 310 g/mol. The number of hydrogen-bond acceptors (Lipinski definition) is 3. The van der Waals surface area contributed by atoms with Crippen LogP contribution in [0.2, 0.25) is 0 Å². The molecule has 3 nitrogen and oxygen atoms in total. The Bertz CT molecular complexity index is 669. The third kappa shape index (κ3) is 5.71. The third-order valence-electron chi connectivity index (χ3n) is 4.27. The van der Waals surface area contributed by atoms with E-state index in [4.69, 9.17) is 4.74 Å². The van der Waals surface area contributed by atoms with Crippen LogP contribution in [0.15, 0.2) is 54.6 Å². The summed E-state index contributed by atoms with van der Waals surface area (Å²) in [5.41, 5.74) is 1.95. The largest absolute Gasteiger partial charge is 0.489 e. The number of carbonyl (C=O) groups excluding carboxylic acids is 1. The molecule has 2 aromatic rings. The molecule has 2 rings (SSSR count). The van der Waals surface area contributed by atoms with Crippen LogP contribution < -0.4 is 4.74 Å². The van der Waals surface area contributed by atoms with E-state index in [1.54, 1.807) is 0 Å². The number of ether oxygens (including phenoxy) is 1. The van der Waals surface area contributed by atoms with E-state index in [1.165, 1.54) is 0 Å². The number of hydrogen-bond donors (Lipinski definition) is 0. The Morgan fingerprint density at radius 3 is 2.08 bits per heavy atom. The van der Waals surface area contributed by atoms with Gasteiger partial charge in [-0.3, -0.25) is 9.69 Å². The molecule has 0 fully saturated rings. The second-order valence-corrected chi connectivity index (χ2v) is 7.72. The molecule has 0 aliphatic heterocycles. The van der Waals surface area contributed by atoms with Crippen LogP contribution in [0.1, 0.15) is 31.9 Å². The Morgan fingerprint density at radius 1 is 0.960 bits per heavy atom. The zero-order chi connectivity index (χ0) is 18.4. The van der Waals surface area contributed by atoms with Crippen molar-refractivity contribution in [3.63, 3.8) is 0 Å². The van der Waals surface area contributed by atoms with Gasteiger partial charge in [0, 0.05) is 5.41 Å². The molecule has 1 atom stereocenters. The molecule has 3 heteroatoms. The lowest BCUT2D eigenvalue weighted by Crippen LogP contribution is -2.43. The van der Waals surface area contributed by atoms with Gasteiger partial charge in [0.25, 0.3) is 0 Å². The molecule has 2 aromatic carbocycles. The molecule has 0 radical (unpaired) electrons. The highest BCUT2D eigenvalue weighted by molar-refractivity contribution is 5.88. The molecule has 134 valence electrons. The lowest BCUT2D eigenvalue weighted by molar-refractivity contribution is -0.130. The summed E-state index contributed by atoms with van der Waals surface area (Å²) < 4.78 is 5.82. The van der Waals surface area contributed by atoms with Crippen molar-refractivity contribution in [3.05, 3.63) is 65.7 Å². The maximum Gasteiger partial charge on any atom is 0.155 e. The maximum atomic E-state index is 12.7. The smallest absolute Gasteiger partial charge is 0.155 e. The molecule has 1 unspecified atom stereocenters. The highest BCUT2D eigenvalue weighted by Crippen LogP contribution is 2.22. The second kappa shape index (κ2) is 8.30. The van der Waals surface area contributed by atoms with E-state index in [9.17, 15) is 4.79 Å². The number of benzene rings is 2. The second-order valence-electron chi connectivity index (χ2n) is 7.72. The Balaban J connectivity index is 1.99. The van der Waals surface area contributed by atoms with E-state index in [-0.39, 0.29) is 17.2 Å². The Hall–Kier alpha value is -2.13. The van der Waals surface area contributed by atoms with Gasteiger partial charge in [0.1, 0.15) is 12.4 Å². The molecule has 0 bridgehead atoms. The fourth-order valence-corrected chi connectivity index (χ4v) is 2.70. The van der Waals surface area contributed by atoms with Crippen LogP contribution >= 0.6 is 0 Å². The van der Waals surface area contributed by atoms with Crippen molar-refractivity contribution in [2.75, 3.05) is 14.1 Å². The zero-order valence-corrected chi connectivity index (χ0v) is 16.0. The van der Waals surface area contributed by atoms with Crippen LogP contribution in [0.25, 0.3) is 0 Å². The van der Waals surface area contributed by atoms with Gasteiger partial charge in [0.15, 0.2) is 5.78 Å². The third-order valence-corrected chi connectivity index (χ3v) is 4.27. The minimum Gasteiger partial charge on any atom is -0.489 e. The van der Waals surface area contributed by atoms with E-state index in [0.717, 1.165) is 16.9 Å². The summed E-state index contributed by atoms with van der Waals surface area (Å²) in [6.07, 6.45) is 0.710. The monoisotopic (exact) mass is 339 g/mol. The first-order valence-electron chi connectivity index (χ1n) is 8.74. The van der Waals surface area contributed by atoms with Crippen LogP contribution in [0.4, 0.5) is 0 Å². The Morgan fingerprint density at radius 2 is 1.56 bits per heavy atom. The van der Waals surface area contributed by atoms with Gasteiger partial charge in [-0.2, -0.15) is 0 Å². The summed E-state index contributed by atoms with van der Waals surface area (Å²) in [7, 11) is 3.93. The first-order valence-corrected chi connectivity index (χ1v) is 8.74. The van der Waals surface area contributed by atoms with Gasteiger partial charge in [-0.25, -0.2) is 0 Å². The molecule has 0 aliphatic carbocycles. The maximum absolute atomic E-state index is 12.7. The van der Waals surface area contributed by atoms with Gasteiger partial charge in [0.05, 0.1) is 6.04 Å². The fourth-order valence-electron chi connectivity index (χ4n) is 2.70. The number of Topliss-reactive ketones (excluding diaryl/α,β-unsaturated/α-hetero) is 1. The standard InChI is InChI=1S/C22H29NO2/c1-22(2,3)21(24)20(23(4)5)15-17-11-13-19(14-12-17)25-16-18-9-7-6-8-10-18/h6-14,20H,15-16H2,1-5H3. The van der Waals surface area contributed by atoms with Crippen molar-refractivity contribution in [2.45, 2.75) is 39.8 Å². The van der Waals surface area contributed by atoms with Crippen LogP contribution in [-0.2, 0) is 17.8 Å². The van der Waals surface area contributed by atoms with Crippen LogP contribution in [0.3, 0.4) is 0 Å². The summed E-state index contributed by atoms with van der Waals surface area (Å²) in [4.78, 5) is 14.7. The summed E-state index contributed by atoms with van der Waals surface area (Å²) in [5, 5.41) is 0. The van der Waals surface area contributed by atoms with Crippen molar-refractivity contribution in [2.24, 2.45) is 5.41 Å². The van der Waals surface area contributed by atoms with Crippen molar-refractivity contribution >= 4 is 5.78 Å². The van der Waals surface area contributed by atoms with E-state index in [2.05, 4.69) is 0 Å². The van der Waals surface area contributed by atoms with E-state index < -0.39 is 0 Å². The molecule has 0 N–H and O–H groups in total. The van der Waals surface area contributed by atoms with E-state index >= 15 is 0 Å². The topological polar surface area (TPSA) is 29.5 Å². The molecular formula is C22H29NO2. The van der Waals surface area contributed by atoms with Crippen molar-refractivity contribution in [1.82, 2.24) is 4.90 Å². The molecule has 25 heavy (non-hydrogen) atoms. The summed E-state index contributed by atoms with van der Waals surface area (Å²) in [5.74, 6) is 1.11. The van der Waals surface area contributed by atoms with Crippen molar-refractivity contribution < 1.29 is 9.53 Å². The minimum absolute atomic E-state index is 0.115. The first-order chi connectivity index (χ1) is 11.8. The van der Waals surface area contributed by atoms with Crippen molar-refractivity contribution in [3.8, 4) is 5.75 Å². The number of carbonyl (C=O) groups is 1. The lowest BCUT2D eigenvalue weighted by atomic mass is 9.84. The molecule has 0 aliphatic rings. The fraction of sp³-hybridized carbons (Fsp3) is 0.409. The average molecular weight is 339 g/mol. The highest BCUT2D eigenvalue weighted by Gasteiger charge is 2.30. The summed E-state index contributed by atoms with van der Waals surface area (Å²) in [6, 6.07) is 18.1. The van der Waals surface area contributed by atoms with Gasteiger partial charge < -0.3 is 4.74 Å². The van der Waals surface area contributed by atoms with Gasteiger partial charge in [-0.1, -0.05) is 63.2 Å². The predicted octanol–water partition coefficient (Wildman–Crippen LogP) is 4.35. The Kier molecular flexibility index (Phi) is 6.38. The number of likely N-dealkylation sites (N-methyl/N-ethyl adjacent to an activating group) is 1. The number of nitrogens with zero attached hydrogens (tertiary/aromatic N) is 1. The van der Waals surface area contributed by atoms with E-state index in [1.807, 2.05) is 94.4 Å². The van der Waals surface area contributed by atoms with Gasteiger partial charge in [-0.05, 0) is 43.8 Å². The normalized spacial score (nSPS) is 12.9. The van der Waals surface area contributed by atoms with Gasteiger partial charge in [-0.15, -0.1) is 0 Å². The Labute approximate surface area is 151 Å². The predicted molar refractivity (Wildman–Crippen MR) is 103 cm³/mol. The highest BCUT2D eigenvalue weighted by atomic mass is 16.5. The first kappa shape index (κ1) is 19.2. The molecule has 0 heterocycles. The average Bonchev–Trinajstić information content (AvgIpc) is 2.58. The van der Waals surface area contributed by atoms with Crippen LogP contribution in [-0.4, -0.2) is 30.8 Å². The number of ketones is 1.